The largest absolute Gasteiger partial charge is 0.440 e. The van der Waals surface area contributed by atoms with Crippen LogP contribution in [0.1, 0.15) is 28.3 Å². The molecule has 1 aromatic heterocycles. The number of pyridine rings is 1. The van der Waals surface area contributed by atoms with Crippen molar-refractivity contribution in [3.63, 3.8) is 0 Å². The summed E-state index contributed by atoms with van der Waals surface area (Å²) in [4.78, 5) is 13.6. The molecule has 144 valence electrons. The normalized spacial score (nSPS) is 15.4. The van der Waals surface area contributed by atoms with Crippen molar-refractivity contribution < 1.29 is 4.74 Å². The molecule has 5 nitrogen and oxygen atoms in total. The maximum Gasteiger partial charge on any atom is 0.259 e. The van der Waals surface area contributed by atoms with Gasteiger partial charge in [0.05, 0.1) is 18.0 Å². The van der Waals surface area contributed by atoms with Gasteiger partial charge in [-0.05, 0) is 30.2 Å². The van der Waals surface area contributed by atoms with Crippen LogP contribution in [0.15, 0.2) is 76.9 Å². The highest BCUT2D eigenvalue weighted by atomic mass is 35.5. The van der Waals surface area contributed by atoms with Gasteiger partial charge in [0.25, 0.3) is 5.56 Å². The third kappa shape index (κ3) is 3.39. The molecule has 2 N–H and O–H groups in total. The van der Waals surface area contributed by atoms with E-state index in [2.05, 4.69) is 6.07 Å². The monoisotopic (exact) mass is 403 g/mol. The Morgan fingerprint density at radius 3 is 2.62 bits per heavy atom. The maximum absolute atomic E-state index is 13.6. The minimum Gasteiger partial charge on any atom is -0.440 e. The van der Waals surface area contributed by atoms with E-state index in [1.165, 1.54) is 0 Å². The van der Waals surface area contributed by atoms with Gasteiger partial charge in [-0.3, -0.25) is 4.79 Å². The number of hydrogen-bond acceptors (Lipinski definition) is 4. The van der Waals surface area contributed by atoms with Crippen LogP contribution < -0.4 is 16.0 Å². The van der Waals surface area contributed by atoms with Crippen LogP contribution in [0.2, 0.25) is 5.02 Å². The summed E-state index contributed by atoms with van der Waals surface area (Å²) in [5.74, 6) is -0.263. The standard InChI is InChI=1S/C23H18ClN3O2/c1-14-10-19-21(23(28)27(14)13-15-6-3-2-4-7-15)20(18(12-25)22(26)29-19)16-8-5-9-17(24)11-16/h2-11,20H,13,26H2,1H3/t20-/m1/s1. The molecule has 4 rings (SSSR count). The lowest BCUT2D eigenvalue weighted by Crippen LogP contribution is -2.33. The van der Waals surface area contributed by atoms with E-state index in [0.29, 0.717) is 28.4 Å². The van der Waals surface area contributed by atoms with Crippen LogP contribution >= 0.6 is 11.6 Å². The lowest BCUT2D eigenvalue weighted by atomic mass is 9.84. The van der Waals surface area contributed by atoms with E-state index in [4.69, 9.17) is 22.1 Å². The number of allylic oxidation sites excluding steroid dienone is 1. The second-order valence-corrected chi connectivity index (χ2v) is 7.36. The molecule has 0 saturated heterocycles. The second kappa shape index (κ2) is 7.50. The van der Waals surface area contributed by atoms with Crippen molar-refractivity contribution in [2.45, 2.75) is 19.4 Å². The Morgan fingerprint density at radius 1 is 1.17 bits per heavy atom. The molecule has 6 heteroatoms. The zero-order valence-corrected chi connectivity index (χ0v) is 16.5. The average Bonchev–Trinajstić information content (AvgIpc) is 2.71. The Hall–Kier alpha value is -3.49. The van der Waals surface area contributed by atoms with Gasteiger partial charge in [-0.1, -0.05) is 54.1 Å². The molecule has 0 bridgehead atoms. The molecule has 0 spiro atoms. The first-order valence-electron chi connectivity index (χ1n) is 9.11. The SMILES string of the molecule is Cc1cc2c(c(=O)n1Cc1ccccc1)[C@H](c1cccc(Cl)c1)C(C#N)=C(N)O2. The van der Waals surface area contributed by atoms with Gasteiger partial charge in [0.2, 0.25) is 5.88 Å². The van der Waals surface area contributed by atoms with E-state index >= 15 is 0 Å². The number of aromatic nitrogens is 1. The summed E-state index contributed by atoms with van der Waals surface area (Å²) in [5.41, 5.74) is 8.87. The number of aryl methyl sites for hydroxylation is 1. The number of nitrogens with zero attached hydrogens (tertiary/aromatic N) is 2. The van der Waals surface area contributed by atoms with E-state index < -0.39 is 5.92 Å². The summed E-state index contributed by atoms with van der Waals surface area (Å²) >= 11 is 6.18. The molecule has 0 saturated carbocycles. The topological polar surface area (TPSA) is 81.0 Å². The number of benzene rings is 2. The van der Waals surface area contributed by atoms with Crippen LogP contribution in [0, 0.1) is 18.3 Å². The van der Waals surface area contributed by atoms with E-state index in [0.717, 1.165) is 11.3 Å². The van der Waals surface area contributed by atoms with Gasteiger partial charge < -0.3 is 15.0 Å². The number of fused-ring (bicyclic) bond motifs is 1. The number of halogens is 1. The van der Waals surface area contributed by atoms with E-state index in [9.17, 15) is 10.1 Å². The summed E-state index contributed by atoms with van der Waals surface area (Å²) in [6.07, 6.45) is 0. The minimum atomic E-state index is -0.641. The molecule has 2 aromatic carbocycles. The van der Waals surface area contributed by atoms with Crippen LogP contribution in [0.25, 0.3) is 0 Å². The Kier molecular flexibility index (Phi) is 4.87. The van der Waals surface area contributed by atoms with Crippen molar-refractivity contribution in [2.75, 3.05) is 0 Å². The summed E-state index contributed by atoms with van der Waals surface area (Å²) in [7, 11) is 0. The molecule has 3 aromatic rings. The molecular weight excluding hydrogens is 386 g/mol. The molecule has 1 aliphatic heterocycles. The first kappa shape index (κ1) is 18.9. The molecular formula is C23H18ClN3O2. The summed E-state index contributed by atoms with van der Waals surface area (Å²) in [6.45, 7) is 2.27. The highest BCUT2D eigenvalue weighted by Crippen LogP contribution is 2.41. The van der Waals surface area contributed by atoms with Gasteiger partial charge in [0.15, 0.2) is 0 Å². The first-order chi connectivity index (χ1) is 14.0. The predicted molar refractivity (Wildman–Crippen MR) is 112 cm³/mol. The van der Waals surface area contributed by atoms with Gasteiger partial charge in [-0.15, -0.1) is 0 Å². The summed E-state index contributed by atoms with van der Waals surface area (Å²) < 4.78 is 7.36. The van der Waals surface area contributed by atoms with E-state index in [-0.39, 0.29) is 17.0 Å². The van der Waals surface area contributed by atoms with E-state index in [1.54, 1.807) is 28.8 Å². The summed E-state index contributed by atoms with van der Waals surface area (Å²) in [5, 5.41) is 10.2. The molecule has 1 aliphatic rings. The van der Waals surface area contributed by atoms with Crippen LogP contribution in [-0.4, -0.2) is 4.57 Å². The van der Waals surface area contributed by atoms with Crippen molar-refractivity contribution in [3.8, 4) is 11.8 Å². The van der Waals surface area contributed by atoms with Gasteiger partial charge in [-0.2, -0.15) is 5.26 Å². The molecule has 0 radical (unpaired) electrons. The maximum atomic E-state index is 13.6. The highest BCUT2D eigenvalue weighted by molar-refractivity contribution is 6.30. The lowest BCUT2D eigenvalue weighted by Gasteiger charge is -2.27. The number of nitriles is 1. The van der Waals surface area contributed by atoms with Crippen molar-refractivity contribution in [2.24, 2.45) is 5.73 Å². The minimum absolute atomic E-state index is 0.00425. The fraction of sp³-hybridized carbons (Fsp3) is 0.130. The van der Waals surface area contributed by atoms with Crippen molar-refractivity contribution in [1.82, 2.24) is 4.57 Å². The molecule has 0 unspecified atom stereocenters. The number of ether oxygens (including phenoxy) is 1. The quantitative estimate of drug-likeness (QED) is 0.714. The fourth-order valence-electron chi connectivity index (χ4n) is 3.67. The third-order valence-corrected chi connectivity index (χ3v) is 5.29. The van der Waals surface area contributed by atoms with Crippen LogP contribution in [0.5, 0.6) is 5.75 Å². The molecule has 29 heavy (non-hydrogen) atoms. The summed E-state index contributed by atoms with van der Waals surface area (Å²) in [6, 6.07) is 20.7. The Bertz CT molecular complexity index is 1220. The first-order valence-corrected chi connectivity index (χ1v) is 9.48. The molecule has 1 atom stereocenters. The van der Waals surface area contributed by atoms with Crippen molar-refractivity contribution in [1.29, 1.82) is 5.26 Å². The lowest BCUT2D eigenvalue weighted by molar-refractivity contribution is 0.389. The molecule has 0 fully saturated rings. The van der Waals surface area contributed by atoms with Gasteiger partial charge in [-0.25, -0.2) is 0 Å². The van der Waals surface area contributed by atoms with Gasteiger partial charge in [0.1, 0.15) is 17.4 Å². The predicted octanol–water partition coefficient (Wildman–Crippen LogP) is 4.08. The number of rotatable bonds is 3. The van der Waals surface area contributed by atoms with Crippen LogP contribution in [-0.2, 0) is 6.54 Å². The van der Waals surface area contributed by atoms with Crippen molar-refractivity contribution in [3.05, 3.63) is 110 Å². The fourth-order valence-corrected chi connectivity index (χ4v) is 3.87. The Balaban J connectivity index is 1.94. The van der Waals surface area contributed by atoms with Crippen LogP contribution in [0.3, 0.4) is 0 Å². The Labute approximate surface area is 173 Å². The average molecular weight is 404 g/mol. The molecule has 0 aliphatic carbocycles. The second-order valence-electron chi connectivity index (χ2n) is 6.92. The molecule has 0 amide bonds. The van der Waals surface area contributed by atoms with Gasteiger partial charge in [0, 0.05) is 16.8 Å². The van der Waals surface area contributed by atoms with E-state index in [1.807, 2.05) is 43.3 Å². The zero-order chi connectivity index (χ0) is 20.5. The number of hydrogen-bond donors (Lipinski definition) is 1. The van der Waals surface area contributed by atoms with Crippen LogP contribution in [0.4, 0.5) is 0 Å². The van der Waals surface area contributed by atoms with Crippen molar-refractivity contribution >= 4 is 11.6 Å². The highest BCUT2D eigenvalue weighted by Gasteiger charge is 2.34. The van der Waals surface area contributed by atoms with Gasteiger partial charge >= 0.3 is 0 Å². The smallest absolute Gasteiger partial charge is 0.259 e. The Morgan fingerprint density at radius 2 is 1.93 bits per heavy atom. The molecule has 2 heterocycles. The third-order valence-electron chi connectivity index (χ3n) is 5.06. The number of nitrogens with two attached hydrogens (primary N) is 1. The zero-order valence-electron chi connectivity index (χ0n) is 15.7.